The van der Waals surface area contributed by atoms with Gasteiger partial charge in [0.05, 0.1) is 12.6 Å². The van der Waals surface area contributed by atoms with E-state index in [2.05, 4.69) is 63.6 Å². The average Bonchev–Trinajstić information content (AvgIpc) is 2.82. The normalized spacial score (nSPS) is 14.9. The van der Waals surface area contributed by atoms with Gasteiger partial charge in [0, 0.05) is 37.4 Å². The second-order valence-corrected chi connectivity index (χ2v) is 8.03. The van der Waals surface area contributed by atoms with E-state index < -0.39 is 5.91 Å². The van der Waals surface area contributed by atoms with Crippen molar-refractivity contribution in [1.29, 1.82) is 0 Å². The third-order valence-electron chi connectivity index (χ3n) is 5.82. The van der Waals surface area contributed by atoms with Crippen molar-refractivity contribution in [3.8, 4) is 0 Å². The molecule has 4 rings (SSSR count). The fourth-order valence-corrected chi connectivity index (χ4v) is 4.19. The SMILES string of the molecule is NC(=O)c1ccc(NC(=O)CN2CCN(C(c3ccccc3)c3ccccc3)CC2)cc1. The topological polar surface area (TPSA) is 78.7 Å². The number of anilines is 1. The minimum atomic E-state index is -0.481. The number of nitrogens with two attached hydrogens (primary N) is 1. The second-order valence-electron chi connectivity index (χ2n) is 8.03. The van der Waals surface area contributed by atoms with Crippen LogP contribution in [0.15, 0.2) is 84.9 Å². The Bertz CT molecular complexity index is 991. The van der Waals surface area contributed by atoms with Crippen LogP contribution in [0.1, 0.15) is 27.5 Å². The fraction of sp³-hybridized carbons (Fsp3) is 0.231. The summed E-state index contributed by atoms with van der Waals surface area (Å²) in [4.78, 5) is 28.3. The molecular formula is C26H28N4O2. The van der Waals surface area contributed by atoms with E-state index >= 15 is 0 Å². The molecule has 0 aromatic heterocycles. The number of nitrogens with one attached hydrogen (secondary N) is 1. The molecule has 164 valence electrons. The first-order chi connectivity index (χ1) is 15.6. The smallest absolute Gasteiger partial charge is 0.248 e. The third-order valence-corrected chi connectivity index (χ3v) is 5.82. The zero-order valence-electron chi connectivity index (χ0n) is 18.0. The number of rotatable bonds is 7. The first-order valence-electron chi connectivity index (χ1n) is 10.9. The van der Waals surface area contributed by atoms with Crippen molar-refractivity contribution in [2.24, 2.45) is 5.73 Å². The Morgan fingerprint density at radius 3 is 1.81 bits per heavy atom. The zero-order valence-corrected chi connectivity index (χ0v) is 18.0. The molecule has 0 radical (unpaired) electrons. The third kappa shape index (κ3) is 5.41. The highest BCUT2D eigenvalue weighted by atomic mass is 16.2. The van der Waals surface area contributed by atoms with Crippen LogP contribution in [-0.2, 0) is 4.79 Å². The van der Waals surface area contributed by atoms with Gasteiger partial charge in [0.1, 0.15) is 0 Å². The lowest BCUT2D eigenvalue weighted by atomic mass is 9.96. The lowest BCUT2D eigenvalue weighted by Crippen LogP contribution is -2.49. The molecule has 32 heavy (non-hydrogen) atoms. The first-order valence-corrected chi connectivity index (χ1v) is 10.9. The molecule has 1 heterocycles. The summed E-state index contributed by atoms with van der Waals surface area (Å²) in [5.74, 6) is -0.544. The molecule has 1 saturated heterocycles. The van der Waals surface area contributed by atoms with Crippen LogP contribution in [-0.4, -0.2) is 54.3 Å². The molecule has 0 saturated carbocycles. The highest BCUT2D eigenvalue weighted by Crippen LogP contribution is 2.29. The van der Waals surface area contributed by atoms with Crippen molar-refractivity contribution in [3.63, 3.8) is 0 Å². The van der Waals surface area contributed by atoms with E-state index in [0.29, 0.717) is 17.8 Å². The van der Waals surface area contributed by atoms with Crippen LogP contribution in [0.3, 0.4) is 0 Å². The van der Waals surface area contributed by atoms with E-state index in [4.69, 9.17) is 5.73 Å². The van der Waals surface area contributed by atoms with Gasteiger partial charge in [-0.3, -0.25) is 19.4 Å². The van der Waals surface area contributed by atoms with Gasteiger partial charge >= 0.3 is 0 Å². The number of amides is 2. The standard InChI is InChI=1S/C26H28N4O2/c27-26(32)22-11-13-23(14-12-22)28-24(31)19-29-15-17-30(18-16-29)25(20-7-3-1-4-8-20)21-9-5-2-6-10-21/h1-14,25H,15-19H2,(H2,27,32)(H,28,31). The summed E-state index contributed by atoms with van der Waals surface area (Å²) in [5, 5.41) is 2.89. The first kappa shape index (κ1) is 21.7. The van der Waals surface area contributed by atoms with E-state index in [1.54, 1.807) is 24.3 Å². The maximum absolute atomic E-state index is 12.5. The van der Waals surface area contributed by atoms with Crippen LogP contribution < -0.4 is 11.1 Å². The van der Waals surface area contributed by atoms with Gasteiger partial charge < -0.3 is 11.1 Å². The Balaban J connectivity index is 1.35. The number of hydrogen-bond acceptors (Lipinski definition) is 4. The zero-order chi connectivity index (χ0) is 22.3. The molecule has 0 aliphatic carbocycles. The van der Waals surface area contributed by atoms with Gasteiger partial charge in [-0.1, -0.05) is 60.7 Å². The lowest BCUT2D eigenvalue weighted by Gasteiger charge is -2.39. The Hall–Kier alpha value is -3.48. The predicted octanol–water partition coefficient (Wildman–Crippen LogP) is 3.13. The summed E-state index contributed by atoms with van der Waals surface area (Å²) in [6.07, 6.45) is 0. The summed E-state index contributed by atoms with van der Waals surface area (Å²) >= 11 is 0. The van der Waals surface area contributed by atoms with E-state index in [-0.39, 0.29) is 11.9 Å². The number of nitrogens with zero attached hydrogens (tertiary/aromatic N) is 2. The van der Waals surface area contributed by atoms with Crippen LogP contribution in [0.2, 0.25) is 0 Å². The monoisotopic (exact) mass is 428 g/mol. The molecule has 1 aliphatic rings. The van der Waals surface area contributed by atoms with Crippen molar-refractivity contribution < 1.29 is 9.59 Å². The maximum atomic E-state index is 12.5. The van der Waals surface area contributed by atoms with Crippen molar-refractivity contribution >= 4 is 17.5 Å². The average molecular weight is 429 g/mol. The molecule has 3 aromatic rings. The highest BCUT2D eigenvalue weighted by molar-refractivity contribution is 5.95. The number of benzene rings is 3. The second kappa shape index (κ2) is 10.2. The van der Waals surface area contributed by atoms with Gasteiger partial charge in [0.25, 0.3) is 0 Å². The van der Waals surface area contributed by atoms with E-state index in [1.165, 1.54) is 11.1 Å². The molecule has 6 heteroatoms. The van der Waals surface area contributed by atoms with Crippen LogP contribution in [0.5, 0.6) is 0 Å². The minimum absolute atomic E-state index is 0.0621. The molecule has 3 N–H and O–H groups in total. The molecule has 3 aromatic carbocycles. The van der Waals surface area contributed by atoms with Gasteiger partial charge in [-0.25, -0.2) is 0 Å². The maximum Gasteiger partial charge on any atom is 0.248 e. The van der Waals surface area contributed by atoms with Gasteiger partial charge in [-0.2, -0.15) is 0 Å². The van der Waals surface area contributed by atoms with Crippen LogP contribution in [0.4, 0.5) is 5.69 Å². The van der Waals surface area contributed by atoms with Gasteiger partial charge in [0.2, 0.25) is 11.8 Å². The summed E-state index contributed by atoms with van der Waals surface area (Å²) in [6.45, 7) is 3.76. The largest absolute Gasteiger partial charge is 0.366 e. The molecule has 6 nitrogen and oxygen atoms in total. The van der Waals surface area contributed by atoms with Crippen molar-refractivity contribution in [2.75, 3.05) is 38.0 Å². The van der Waals surface area contributed by atoms with Crippen molar-refractivity contribution in [1.82, 2.24) is 9.80 Å². The summed E-state index contributed by atoms with van der Waals surface area (Å²) in [7, 11) is 0. The fourth-order valence-electron chi connectivity index (χ4n) is 4.19. The Kier molecular flexibility index (Phi) is 6.94. The van der Waals surface area contributed by atoms with E-state index in [0.717, 1.165) is 26.2 Å². The highest BCUT2D eigenvalue weighted by Gasteiger charge is 2.27. The summed E-state index contributed by atoms with van der Waals surface area (Å²) < 4.78 is 0. The molecule has 0 unspecified atom stereocenters. The van der Waals surface area contributed by atoms with Crippen LogP contribution in [0, 0.1) is 0 Å². The molecule has 1 aliphatic heterocycles. The number of hydrogen-bond donors (Lipinski definition) is 2. The van der Waals surface area contributed by atoms with Crippen LogP contribution >= 0.6 is 0 Å². The predicted molar refractivity (Wildman–Crippen MR) is 126 cm³/mol. The quantitative estimate of drug-likeness (QED) is 0.606. The molecule has 0 bridgehead atoms. The molecule has 1 fully saturated rings. The Labute approximate surface area is 188 Å². The molecule has 0 atom stereocenters. The Morgan fingerprint density at radius 2 is 1.31 bits per heavy atom. The number of carbonyl (C=O) groups excluding carboxylic acids is 2. The summed E-state index contributed by atoms with van der Waals surface area (Å²) in [5.41, 5.74) is 8.90. The number of piperazine rings is 1. The number of carbonyl (C=O) groups is 2. The molecule has 2 amide bonds. The van der Waals surface area contributed by atoms with E-state index in [1.807, 2.05) is 12.1 Å². The molecule has 0 spiro atoms. The van der Waals surface area contributed by atoms with Gasteiger partial charge in [-0.05, 0) is 35.4 Å². The number of primary amides is 1. The van der Waals surface area contributed by atoms with E-state index in [9.17, 15) is 9.59 Å². The summed E-state index contributed by atoms with van der Waals surface area (Å²) in [6, 6.07) is 28.0. The van der Waals surface area contributed by atoms with Gasteiger partial charge in [0.15, 0.2) is 0 Å². The van der Waals surface area contributed by atoms with Crippen molar-refractivity contribution in [2.45, 2.75) is 6.04 Å². The van der Waals surface area contributed by atoms with Gasteiger partial charge in [-0.15, -0.1) is 0 Å². The lowest BCUT2D eigenvalue weighted by molar-refractivity contribution is -0.117. The van der Waals surface area contributed by atoms with Crippen molar-refractivity contribution in [3.05, 3.63) is 102 Å². The minimum Gasteiger partial charge on any atom is -0.366 e. The Morgan fingerprint density at radius 1 is 0.781 bits per heavy atom. The molecular weight excluding hydrogens is 400 g/mol. The van der Waals surface area contributed by atoms with Crippen LogP contribution in [0.25, 0.3) is 0 Å².